The lowest BCUT2D eigenvalue weighted by molar-refractivity contribution is -0.115. The van der Waals surface area contributed by atoms with Crippen molar-refractivity contribution in [3.8, 4) is 0 Å². The molecule has 1 saturated carbocycles. The summed E-state index contributed by atoms with van der Waals surface area (Å²) in [5.74, 6) is 0.281. The Morgan fingerprint density at radius 3 is 2.58 bits per heavy atom. The molecule has 1 fully saturated rings. The van der Waals surface area contributed by atoms with Gasteiger partial charge in [0.15, 0.2) is 0 Å². The summed E-state index contributed by atoms with van der Waals surface area (Å²) in [5.41, 5.74) is 7.07. The van der Waals surface area contributed by atoms with Crippen molar-refractivity contribution in [2.45, 2.75) is 51.5 Å². The highest BCUT2D eigenvalue weighted by atomic mass is 35.5. The summed E-state index contributed by atoms with van der Waals surface area (Å²) in [5, 5.41) is 5.84. The highest BCUT2D eigenvalue weighted by Crippen LogP contribution is 2.26. The monoisotopic (exact) mass is 353 g/mol. The molecule has 1 atom stereocenters. The predicted octanol–water partition coefficient (Wildman–Crippen LogP) is 3.09. The molecule has 134 valence electrons. The van der Waals surface area contributed by atoms with E-state index < -0.39 is 0 Å². The van der Waals surface area contributed by atoms with Crippen LogP contribution in [0.25, 0.3) is 0 Å². The van der Waals surface area contributed by atoms with Crippen LogP contribution in [-0.4, -0.2) is 24.4 Å². The van der Waals surface area contributed by atoms with Crippen molar-refractivity contribution in [1.29, 1.82) is 0 Å². The normalized spacial score (nSPS) is 15.9. The Balaban J connectivity index is 0.00000288. The number of anilines is 1. The first kappa shape index (κ1) is 20.5. The van der Waals surface area contributed by atoms with Crippen molar-refractivity contribution in [2.75, 3.05) is 11.9 Å². The maximum atomic E-state index is 12.5. The summed E-state index contributed by atoms with van der Waals surface area (Å²) in [6, 6.07) is 7.05. The lowest BCUT2D eigenvalue weighted by Crippen LogP contribution is -2.45. The smallest absolute Gasteiger partial charge is 0.251 e. The van der Waals surface area contributed by atoms with E-state index in [0.717, 1.165) is 12.8 Å². The molecule has 0 aliphatic heterocycles. The standard InChI is InChI=1S/C18H27N3O2.ClH/c1-2-17(22)20-15-10-6-9-14(11-15)18(23)21-16(12-19)13-7-4-3-5-8-13;/h6,9-11,13,16H,2-5,7-8,12,19H2,1H3,(H,20,22)(H,21,23);1H. The fraction of sp³-hybridized carbons (Fsp3) is 0.556. The van der Waals surface area contributed by atoms with Gasteiger partial charge in [-0.3, -0.25) is 9.59 Å². The quantitative estimate of drug-likeness (QED) is 0.734. The number of rotatable bonds is 6. The molecule has 1 aliphatic rings. The Bertz CT molecular complexity index is 545. The SMILES string of the molecule is CCC(=O)Nc1cccc(C(=O)NC(CN)C2CCCCC2)c1.Cl. The number of hydrogen-bond acceptors (Lipinski definition) is 3. The van der Waals surface area contributed by atoms with Gasteiger partial charge in [0.1, 0.15) is 0 Å². The van der Waals surface area contributed by atoms with Gasteiger partial charge in [-0.15, -0.1) is 12.4 Å². The molecule has 0 heterocycles. The van der Waals surface area contributed by atoms with E-state index in [-0.39, 0.29) is 30.3 Å². The molecule has 1 aromatic rings. The average Bonchev–Trinajstić information content (AvgIpc) is 2.60. The van der Waals surface area contributed by atoms with Crippen molar-refractivity contribution in [3.63, 3.8) is 0 Å². The minimum Gasteiger partial charge on any atom is -0.348 e. The summed E-state index contributed by atoms with van der Waals surface area (Å²) >= 11 is 0. The summed E-state index contributed by atoms with van der Waals surface area (Å²) in [4.78, 5) is 23.9. The van der Waals surface area contributed by atoms with Gasteiger partial charge in [0, 0.05) is 30.3 Å². The second kappa shape index (κ2) is 10.3. The zero-order valence-electron chi connectivity index (χ0n) is 14.2. The molecule has 2 rings (SSSR count). The van der Waals surface area contributed by atoms with Crippen molar-refractivity contribution >= 4 is 29.9 Å². The van der Waals surface area contributed by atoms with Gasteiger partial charge < -0.3 is 16.4 Å². The van der Waals surface area contributed by atoms with Gasteiger partial charge in [0.2, 0.25) is 5.91 Å². The topological polar surface area (TPSA) is 84.2 Å². The first-order valence-electron chi connectivity index (χ1n) is 8.55. The van der Waals surface area contributed by atoms with Gasteiger partial charge in [-0.2, -0.15) is 0 Å². The minimum absolute atomic E-state index is 0. The molecule has 4 N–H and O–H groups in total. The average molecular weight is 354 g/mol. The van der Waals surface area contributed by atoms with Crippen LogP contribution in [0.15, 0.2) is 24.3 Å². The molecule has 0 bridgehead atoms. The maximum absolute atomic E-state index is 12.5. The number of halogens is 1. The Labute approximate surface area is 150 Å². The van der Waals surface area contributed by atoms with Crippen molar-refractivity contribution in [2.24, 2.45) is 11.7 Å². The summed E-state index contributed by atoms with van der Waals surface area (Å²) in [6.07, 6.45) is 6.39. The van der Waals surface area contributed by atoms with Crippen LogP contribution in [0, 0.1) is 5.92 Å². The molecular formula is C18H28ClN3O2. The molecule has 1 aliphatic carbocycles. The zero-order chi connectivity index (χ0) is 16.7. The molecular weight excluding hydrogens is 326 g/mol. The van der Waals surface area contributed by atoms with E-state index in [1.54, 1.807) is 31.2 Å². The van der Waals surface area contributed by atoms with E-state index in [1.807, 2.05) is 0 Å². The van der Waals surface area contributed by atoms with Gasteiger partial charge in [-0.1, -0.05) is 32.3 Å². The van der Waals surface area contributed by atoms with Crippen LogP contribution in [0.1, 0.15) is 55.8 Å². The molecule has 1 unspecified atom stereocenters. The van der Waals surface area contributed by atoms with Crippen molar-refractivity contribution in [1.82, 2.24) is 5.32 Å². The Morgan fingerprint density at radius 2 is 1.96 bits per heavy atom. The third-order valence-corrected chi connectivity index (χ3v) is 4.52. The number of amides is 2. The van der Waals surface area contributed by atoms with Crippen LogP contribution >= 0.6 is 12.4 Å². The fourth-order valence-electron chi connectivity index (χ4n) is 3.15. The first-order chi connectivity index (χ1) is 11.1. The van der Waals surface area contributed by atoms with Crippen LogP contribution in [0.5, 0.6) is 0 Å². The fourth-order valence-corrected chi connectivity index (χ4v) is 3.15. The van der Waals surface area contributed by atoms with E-state index in [1.165, 1.54) is 19.3 Å². The van der Waals surface area contributed by atoms with E-state index in [9.17, 15) is 9.59 Å². The molecule has 6 heteroatoms. The van der Waals surface area contributed by atoms with Gasteiger partial charge in [0.05, 0.1) is 0 Å². The molecule has 0 radical (unpaired) electrons. The van der Waals surface area contributed by atoms with Crippen molar-refractivity contribution in [3.05, 3.63) is 29.8 Å². The Morgan fingerprint density at radius 1 is 1.25 bits per heavy atom. The summed E-state index contributed by atoms with van der Waals surface area (Å²) in [7, 11) is 0. The molecule has 24 heavy (non-hydrogen) atoms. The second-order valence-electron chi connectivity index (χ2n) is 6.20. The highest BCUT2D eigenvalue weighted by Gasteiger charge is 2.24. The van der Waals surface area contributed by atoms with Crippen molar-refractivity contribution < 1.29 is 9.59 Å². The Hall–Kier alpha value is -1.59. The minimum atomic E-state index is -0.126. The van der Waals surface area contributed by atoms with E-state index in [4.69, 9.17) is 5.73 Å². The largest absolute Gasteiger partial charge is 0.348 e. The number of hydrogen-bond donors (Lipinski definition) is 3. The van der Waals surface area contributed by atoms with Crippen LogP contribution in [0.4, 0.5) is 5.69 Å². The van der Waals surface area contributed by atoms with Gasteiger partial charge in [-0.25, -0.2) is 0 Å². The zero-order valence-corrected chi connectivity index (χ0v) is 15.0. The first-order valence-corrected chi connectivity index (χ1v) is 8.55. The third kappa shape index (κ3) is 5.80. The van der Waals surface area contributed by atoms with Gasteiger partial charge in [-0.05, 0) is 37.0 Å². The molecule has 0 spiro atoms. The molecule has 2 amide bonds. The van der Waals surface area contributed by atoms with Gasteiger partial charge >= 0.3 is 0 Å². The molecule has 0 aromatic heterocycles. The lowest BCUT2D eigenvalue weighted by Gasteiger charge is -2.30. The molecule has 1 aromatic carbocycles. The van der Waals surface area contributed by atoms with Crippen LogP contribution < -0.4 is 16.4 Å². The number of benzene rings is 1. The number of nitrogens with one attached hydrogen (secondary N) is 2. The van der Waals surface area contributed by atoms with Crippen LogP contribution in [0.2, 0.25) is 0 Å². The summed E-state index contributed by atoms with van der Waals surface area (Å²) in [6.45, 7) is 2.25. The van der Waals surface area contributed by atoms with Gasteiger partial charge in [0.25, 0.3) is 5.91 Å². The molecule has 5 nitrogen and oxygen atoms in total. The number of carbonyl (C=O) groups is 2. The lowest BCUT2D eigenvalue weighted by atomic mass is 9.84. The second-order valence-corrected chi connectivity index (χ2v) is 6.20. The van der Waals surface area contributed by atoms with Crippen LogP contribution in [-0.2, 0) is 4.79 Å². The number of carbonyl (C=O) groups excluding carboxylic acids is 2. The summed E-state index contributed by atoms with van der Waals surface area (Å²) < 4.78 is 0. The maximum Gasteiger partial charge on any atom is 0.251 e. The number of nitrogens with two attached hydrogens (primary N) is 1. The predicted molar refractivity (Wildman–Crippen MR) is 99.5 cm³/mol. The highest BCUT2D eigenvalue weighted by molar-refractivity contribution is 5.97. The molecule has 0 saturated heterocycles. The van der Waals surface area contributed by atoms with Crippen LogP contribution in [0.3, 0.4) is 0 Å². The Kier molecular flexibility index (Phi) is 8.79. The van der Waals surface area contributed by atoms with E-state index in [2.05, 4.69) is 10.6 Å². The third-order valence-electron chi connectivity index (χ3n) is 4.52. The van der Waals surface area contributed by atoms with E-state index in [0.29, 0.717) is 30.1 Å². The van der Waals surface area contributed by atoms with E-state index >= 15 is 0 Å².